The molecule has 5 aromatic carbocycles. The van der Waals surface area contributed by atoms with Crippen LogP contribution in [0.1, 0.15) is 27.8 Å². The monoisotopic (exact) mass is 423 g/mol. The van der Waals surface area contributed by atoms with Gasteiger partial charge in [-0.15, -0.1) is 0 Å². The smallest absolute Gasteiger partial charge is 0.0713 e. The number of anilines is 1. The van der Waals surface area contributed by atoms with E-state index >= 15 is 0 Å². The van der Waals surface area contributed by atoms with Crippen LogP contribution in [0, 0.1) is 6.92 Å². The highest BCUT2D eigenvalue weighted by atomic mass is 14.5. The van der Waals surface area contributed by atoms with Crippen LogP contribution >= 0.6 is 0 Å². The first kappa shape index (κ1) is 19.6. The number of aryl methyl sites for hydroxylation is 1. The van der Waals surface area contributed by atoms with E-state index in [1.54, 1.807) is 0 Å². The SMILES string of the molecule is Cc1ccc(C2(c3ccc(N)cc3)c3ccccc3-c3ccc(-c4ccccc4)cc32)cc1. The summed E-state index contributed by atoms with van der Waals surface area (Å²) in [4.78, 5) is 0. The average Bonchev–Trinajstić information content (AvgIpc) is 3.16. The highest BCUT2D eigenvalue weighted by molar-refractivity contribution is 5.88. The lowest BCUT2D eigenvalue weighted by molar-refractivity contribution is 0.768. The van der Waals surface area contributed by atoms with Crippen LogP contribution in [0.4, 0.5) is 5.69 Å². The molecular formula is C32H25N. The molecule has 1 aliphatic rings. The van der Waals surface area contributed by atoms with Crippen molar-refractivity contribution in [2.45, 2.75) is 12.3 Å². The van der Waals surface area contributed by atoms with Crippen molar-refractivity contribution >= 4 is 5.69 Å². The summed E-state index contributed by atoms with van der Waals surface area (Å²) in [6.45, 7) is 2.14. The van der Waals surface area contributed by atoms with E-state index in [9.17, 15) is 0 Å². The third-order valence-corrected chi connectivity index (χ3v) is 6.98. The van der Waals surface area contributed by atoms with Crippen molar-refractivity contribution < 1.29 is 0 Å². The zero-order valence-corrected chi connectivity index (χ0v) is 18.6. The molecule has 0 fully saturated rings. The zero-order valence-electron chi connectivity index (χ0n) is 18.6. The van der Waals surface area contributed by atoms with Gasteiger partial charge in [-0.2, -0.15) is 0 Å². The van der Waals surface area contributed by atoms with Gasteiger partial charge in [0.05, 0.1) is 5.41 Å². The Hall–Kier alpha value is -4.10. The number of hydrogen-bond acceptors (Lipinski definition) is 1. The minimum absolute atomic E-state index is 0.405. The number of fused-ring (bicyclic) bond motifs is 3. The van der Waals surface area contributed by atoms with E-state index in [1.807, 2.05) is 12.1 Å². The van der Waals surface area contributed by atoms with Gasteiger partial charge in [-0.25, -0.2) is 0 Å². The summed E-state index contributed by atoms with van der Waals surface area (Å²) in [6.07, 6.45) is 0. The molecule has 6 rings (SSSR count). The van der Waals surface area contributed by atoms with E-state index in [1.165, 1.54) is 50.1 Å². The van der Waals surface area contributed by atoms with Crippen LogP contribution in [-0.2, 0) is 5.41 Å². The fraction of sp³-hybridized carbons (Fsp3) is 0.0625. The molecule has 0 bridgehead atoms. The second kappa shape index (κ2) is 7.50. The Morgan fingerprint density at radius 1 is 0.515 bits per heavy atom. The first-order valence-corrected chi connectivity index (χ1v) is 11.4. The molecule has 1 aliphatic carbocycles. The lowest BCUT2D eigenvalue weighted by Crippen LogP contribution is -2.28. The fourth-order valence-electron chi connectivity index (χ4n) is 5.41. The predicted octanol–water partition coefficient (Wildman–Crippen LogP) is 7.61. The molecule has 0 amide bonds. The van der Waals surface area contributed by atoms with Crippen LogP contribution in [0.3, 0.4) is 0 Å². The van der Waals surface area contributed by atoms with Gasteiger partial charge in [0.1, 0.15) is 0 Å². The van der Waals surface area contributed by atoms with Gasteiger partial charge in [0, 0.05) is 5.69 Å². The lowest BCUT2D eigenvalue weighted by Gasteiger charge is -2.34. The molecular weight excluding hydrogens is 398 g/mol. The van der Waals surface area contributed by atoms with Crippen LogP contribution in [0.25, 0.3) is 22.3 Å². The molecule has 0 heterocycles. The van der Waals surface area contributed by atoms with Crippen LogP contribution < -0.4 is 5.73 Å². The summed E-state index contributed by atoms with van der Waals surface area (Å²) < 4.78 is 0. The highest BCUT2D eigenvalue weighted by Gasteiger charge is 2.46. The van der Waals surface area contributed by atoms with Gasteiger partial charge in [0.25, 0.3) is 0 Å². The Kier molecular flexibility index (Phi) is 4.45. The van der Waals surface area contributed by atoms with Crippen LogP contribution in [-0.4, -0.2) is 0 Å². The molecule has 1 atom stereocenters. The maximum absolute atomic E-state index is 6.12. The lowest BCUT2D eigenvalue weighted by atomic mass is 9.67. The van der Waals surface area contributed by atoms with E-state index in [0.29, 0.717) is 0 Å². The molecule has 2 N–H and O–H groups in total. The fourth-order valence-corrected chi connectivity index (χ4v) is 5.41. The quantitative estimate of drug-likeness (QED) is 0.291. The number of hydrogen-bond donors (Lipinski definition) is 1. The van der Waals surface area contributed by atoms with Crippen molar-refractivity contribution in [2.75, 3.05) is 5.73 Å². The Morgan fingerprint density at radius 3 is 1.85 bits per heavy atom. The van der Waals surface area contributed by atoms with Crippen molar-refractivity contribution in [3.8, 4) is 22.3 Å². The van der Waals surface area contributed by atoms with Crippen molar-refractivity contribution in [1.29, 1.82) is 0 Å². The van der Waals surface area contributed by atoms with Crippen molar-refractivity contribution in [3.05, 3.63) is 149 Å². The van der Waals surface area contributed by atoms with Crippen LogP contribution in [0.15, 0.2) is 121 Å². The van der Waals surface area contributed by atoms with Gasteiger partial charge < -0.3 is 5.73 Å². The molecule has 1 heteroatoms. The molecule has 1 nitrogen and oxygen atoms in total. The summed E-state index contributed by atoms with van der Waals surface area (Å²) in [7, 11) is 0. The number of benzene rings is 5. The minimum Gasteiger partial charge on any atom is -0.399 e. The molecule has 1 unspecified atom stereocenters. The average molecular weight is 424 g/mol. The van der Waals surface area contributed by atoms with E-state index in [-0.39, 0.29) is 0 Å². The maximum atomic E-state index is 6.12. The molecule has 0 radical (unpaired) electrons. The second-order valence-electron chi connectivity index (χ2n) is 8.91. The number of nitrogen functional groups attached to an aromatic ring is 1. The van der Waals surface area contributed by atoms with Gasteiger partial charge in [0.15, 0.2) is 0 Å². The molecule has 33 heavy (non-hydrogen) atoms. The maximum Gasteiger partial charge on any atom is 0.0713 e. The Morgan fingerprint density at radius 2 is 1.12 bits per heavy atom. The molecule has 0 aromatic heterocycles. The summed E-state index contributed by atoms with van der Waals surface area (Å²) in [6, 6.07) is 43.8. The first-order valence-electron chi connectivity index (χ1n) is 11.4. The first-order chi connectivity index (χ1) is 16.2. The Labute approximate surface area is 195 Å². The van der Waals surface area contributed by atoms with Crippen molar-refractivity contribution in [3.63, 3.8) is 0 Å². The van der Waals surface area contributed by atoms with E-state index in [4.69, 9.17) is 5.73 Å². The van der Waals surface area contributed by atoms with E-state index in [0.717, 1.165) is 5.69 Å². The standard InChI is InChI=1S/C32H25N/c1-22-11-14-25(15-12-22)32(26-16-18-27(33)19-17-26)30-10-6-5-9-28(30)29-20-13-24(21-31(29)32)23-7-3-2-4-8-23/h2-21H,33H2,1H3. The van der Waals surface area contributed by atoms with Gasteiger partial charge in [-0.3, -0.25) is 0 Å². The summed E-state index contributed by atoms with van der Waals surface area (Å²) in [5.74, 6) is 0. The van der Waals surface area contributed by atoms with E-state index < -0.39 is 5.41 Å². The number of nitrogens with two attached hydrogens (primary N) is 1. The van der Waals surface area contributed by atoms with Crippen molar-refractivity contribution in [1.82, 2.24) is 0 Å². The summed E-state index contributed by atoms with van der Waals surface area (Å²) in [5, 5.41) is 0. The van der Waals surface area contributed by atoms with Gasteiger partial charge in [-0.05, 0) is 69.6 Å². The number of rotatable bonds is 3. The molecule has 0 saturated carbocycles. The minimum atomic E-state index is -0.405. The Bertz CT molecular complexity index is 1400. The normalized spacial score (nSPS) is 16.3. The van der Waals surface area contributed by atoms with E-state index in [2.05, 4.69) is 116 Å². The molecule has 0 aliphatic heterocycles. The third-order valence-electron chi connectivity index (χ3n) is 6.98. The molecule has 158 valence electrons. The van der Waals surface area contributed by atoms with Crippen LogP contribution in [0.5, 0.6) is 0 Å². The molecule has 0 saturated heterocycles. The molecule has 0 spiro atoms. The second-order valence-corrected chi connectivity index (χ2v) is 8.91. The Balaban J connectivity index is 1.73. The van der Waals surface area contributed by atoms with Crippen LogP contribution in [0.2, 0.25) is 0 Å². The van der Waals surface area contributed by atoms with Gasteiger partial charge in [0.2, 0.25) is 0 Å². The predicted molar refractivity (Wildman–Crippen MR) is 138 cm³/mol. The van der Waals surface area contributed by atoms with Crippen molar-refractivity contribution in [2.24, 2.45) is 0 Å². The largest absolute Gasteiger partial charge is 0.399 e. The van der Waals surface area contributed by atoms with Gasteiger partial charge >= 0.3 is 0 Å². The molecule has 5 aromatic rings. The van der Waals surface area contributed by atoms with Gasteiger partial charge in [-0.1, -0.05) is 109 Å². The summed E-state index contributed by atoms with van der Waals surface area (Å²) >= 11 is 0. The zero-order chi connectivity index (χ0) is 22.4. The third kappa shape index (κ3) is 2.93. The summed E-state index contributed by atoms with van der Waals surface area (Å²) in [5.41, 5.74) is 17.9. The topological polar surface area (TPSA) is 26.0 Å². The highest BCUT2D eigenvalue weighted by Crippen LogP contribution is 2.56.